The summed E-state index contributed by atoms with van der Waals surface area (Å²) in [7, 11) is 0. The topological polar surface area (TPSA) is 164 Å². The number of ether oxygens (including phenoxy) is 1. The second kappa shape index (κ2) is 17.1. The number of nitrogens with one attached hydrogen (secondary N) is 1. The lowest BCUT2D eigenvalue weighted by molar-refractivity contribution is -0.136. The monoisotopic (exact) mass is 881 g/mol. The van der Waals surface area contributed by atoms with E-state index in [0.717, 1.165) is 74.9 Å². The fourth-order valence-electron chi connectivity index (χ4n) is 9.83. The standard InChI is InChI=1S/C48H45F2N9O6/c49-30-15-18-57(27-30)41-10-8-39(50)44(38(41)25-51)65-34-6-9-40-37(24-34)46(62)58(28-52-40)32-3-1-31(2-4-32)55-16-13-29(14-17-55)26-54-19-21-56(22-20-54)33-5-7-35-36(23-33)48(64)59(47(35)63)42-11-12-43(60)53-45(42)61/h1-10,23-24,28-30,42H,11-22,26-27H2,(H,53,60,61)/t30-,42?/m1/s1. The Hall–Kier alpha value is -7.19. The van der Waals surface area contributed by atoms with E-state index in [-0.39, 0.29) is 58.5 Å². The molecular formula is C48H45F2N9O6. The summed E-state index contributed by atoms with van der Waals surface area (Å²) in [5.41, 5.74) is 3.55. The number of fused-ring (bicyclic) bond motifs is 2. The lowest BCUT2D eigenvalue weighted by atomic mass is 9.95. The number of amides is 4. The zero-order valence-corrected chi connectivity index (χ0v) is 35.4. The van der Waals surface area contributed by atoms with Crippen molar-refractivity contribution in [1.29, 1.82) is 5.26 Å². The van der Waals surface area contributed by atoms with Gasteiger partial charge in [-0.2, -0.15) is 5.26 Å². The molecule has 2 atom stereocenters. The third-order valence-electron chi connectivity index (χ3n) is 13.4. The van der Waals surface area contributed by atoms with Crippen LogP contribution in [-0.4, -0.2) is 114 Å². The molecule has 10 rings (SSSR count). The maximum Gasteiger partial charge on any atom is 0.265 e. The number of halogens is 2. The highest BCUT2D eigenvalue weighted by molar-refractivity contribution is 6.23. The molecule has 0 saturated carbocycles. The molecule has 1 aromatic heterocycles. The zero-order valence-electron chi connectivity index (χ0n) is 35.4. The van der Waals surface area contributed by atoms with Crippen molar-refractivity contribution in [2.24, 2.45) is 5.92 Å². The van der Waals surface area contributed by atoms with Crippen LogP contribution in [0.2, 0.25) is 0 Å². The Labute approximate surface area is 372 Å². The molecule has 6 heterocycles. The van der Waals surface area contributed by atoms with Crippen LogP contribution in [0.1, 0.15) is 58.4 Å². The van der Waals surface area contributed by atoms with Crippen LogP contribution in [-0.2, 0) is 9.59 Å². The fraction of sp³-hybridized carbons (Fsp3) is 0.354. The zero-order chi connectivity index (χ0) is 44.9. The van der Waals surface area contributed by atoms with E-state index in [2.05, 4.69) is 25.0 Å². The van der Waals surface area contributed by atoms with Gasteiger partial charge in [-0.3, -0.25) is 43.7 Å². The van der Waals surface area contributed by atoms with Crippen molar-refractivity contribution in [3.8, 4) is 23.3 Å². The minimum Gasteiger partial charge on any atom is -0.453 e. The van der Waals surface area contributed by atoms with Gasteiger partial charge in [-0.05, 0) is 104 Å². The number of hydrogen-bond donors (Lipinski definition) is 1. The maximum atomic E-state index is 15.1. The van der Waals surface area contributed by atoms with Crippen LogP contribution in [0.25, 0.3) is 16.6 Å². The number of rotatable bonds is 9. The molecule has 15 nitrogen and oxygen atoms in total. The van der Waals surface area contributed by atoms with E-state index >= 15 is 4.39 Å². The molecule has 332 valence electrons. The Kier molecular flexibility index (Phi) is 11.0. The molecule has 5 aromatic rings. The average molecular weight is 882 g/mol. The van der Waals surface area contributed by atoms with E-state index in [0.29, 0.717) is 35.8 Å². The van der Waals surface area contributed by atoms with Gasteiger partial charge in [-0.15, -0.1) is 0 Å². The third kappa shape index (κ3) is 7.92. The quantitative estimate of drug-likeness (QED) is 0.194. The minimum absolute atomic E-state index is 0.0408. The van der Waals surface area contributed by atoms with Crippen molar-refractivity contribution in [3.05, 3.63) is 112 Å². The normalized spacial score (nSPS) is 20.7. The van der Waals surface area contributed by atoms with Crippen LogP contribution < -0.4 is 30.3 Å². The molecule has 4 amide bonds. The summed E-state index contributed by atoms with van der Waals surface area (Å²) in [5.74, 6) is -2.38. The van der Waals surface area contributed by atoms with Crippen molar-refractivity contribution >= 4 is 51.6 Å². The first-order valence-corrected chi connectivity index (χ1v) is 22.0. The van der Waals surface area contributed by atoms with Gasteiger partial charge in [0, 0.05) is 76.7 Å². The first kappa shape index (κ1) is 41.8. The molecular weight excluding hydrogens is 837 g/mol. The summed E-state index contributed by atoms with van der Waals surface area (Å²) in [5, 5.41) is 12.5. The van der Waals surface area contributed by atoms with Crippen molar-refractivity contribution in [1.82, 2.24) is 24.7 Å². The molecule has 0 radical (unpaired) electrons. The number of aromatic nitrogens is 2. The van der Waals surface area contributed by atoms with Gasteiger partial charge in [0.2, 0.25) is 11.8 Å². The molecule has 17 heteroatoms. The van der Waals surface area contributed by atoms with Crippen molar-refractivity contribution in [2.45, 2.75) is 44.3 Å². The summed E-state index contributed by atoms with van der Waals surface area (Å²) >= 11 is 0. The number of carbonyl (C=O) groups excluding carboxylic acids is 4. The van der Waals surface area contributed by atoms with Gasteiger partial charge in [0.15, 0.2) is 11.6 Å². The van der Waals surface area contributed by atoms with Crippen molar-refractivity contribution < 1.29 is 32.7 Å². The van der Waals surface area contributed by atoms with E-state index < -0.39 is 41.7 Å². The maximum absolute atomic E-state index is 15.1. The predicted molar refractivity (Wildman–Crippen MR) is 237 cm³/mol. The van der Waals surface area contributed by atoms with Crippen molar-refractivity contribution in [3.63, 3.8) is 0 Å². The highest BCUT2D eigenvalue weighted by Gasteiger charge is 2.45. The number of piperidine rings is 2. The summed E-state index contributed by atoms with van der Waals surface area (Å²) in [6.07, 6.45) is 3.03. The van der Waals surface area contributed by atoms with Crippen LogP contribution in [0, 0.1) is 23.1 Å². The fourth-order valence-corrected chi connectivity index (χ4v) is 9.83. The number of imide groups is 2. The Bertz CT molecular complexity index is 2850. The molecule has 4 aromatic carbocycles. The number of hydrogen-bond acceptors (Lipinski definition) is 12. The van der Waals surface area contributed by atoms with E-state index in [4.69, 9.17) is 4.74 Å². The summed E-state index contributed by atoms with van der Waals surface area (Å²) in [6, 6.07) is 21.4. The smallest absolute Gasteiger partial charge is 0.265 e. The van der Waals surface area contributed by atoms with Crippen LogP contribution in [0.5, 0.6) is 11.5 Å². The van der Waals surface area contributed by atoms with E-state index in [1.54, 1.807) is 29.2 Å². The molecule has 4 fully saturated rings. The Morgan fingerprint density at radius 1 is 0.754 bits per heavy atom. The van der Waals surface area contributed by atoms with E-state index in [1.807, 2.05) is 36.4 Å². The summed E-state index contributed by atoms with van der Waals surface area (Å²) in [6.45, 7) is 6.56. The van der Waals surface area contributed by atoms with E-state index in [1.165, 1.54) is 29.1 Å². The van der Waals surface area contributed by atoms with Crippen molar-refractivity contribution in [2.75, 3.05) is 73.6 Å². The molecule has 1 unspecified atom stereocenters. The predicted octanol–water partition coefficient (Wildman–Crippen LogP) is 5.18. The summed E-state index contributed by atoms with van der Waals surface area (Å²) < 4.78 is 36.5. The number of anilines is 3. The largest absolute Gasteiger partial charge is 0.453 e. The molecule has 5 aliphatic heterocycles. The Morgan fingerprint density at radius 3 is 2.18 bits per heavy atom. The van der Waals surface area contributed by atoms with Crippen LogP contribution in [0.15, 0.2) is 83.9 Å². The van der Waals surface area contributed by atoms with Gasteiger partial charge < -0.3 is 19.4 Å². The lowest BCUT2D eigenvalue weighted by Gasteiger charge is -2.40. The SMILES string of the molecule is N#Cc1c(N2CC[C@@H](F)C2)ccc(F)c1Oc1ccc2ncn(-c3ccc(N4CCC(CN5CCN(c6ccc7c(c6)C(=O)N(C6CCC(=O)NC6=O)C7=O)CC5)CC4)cc3)c(=O)c2c1. The van der Waals surface area contributed by atoms with Gasteiger partial charge in [0.1, 0.15) is 35.9 Å². The summed E-state index contributed by atoms with van der Waals surface area (Å²) in [4.78, 5) is 78.7. The van der Waals surface area contributed by atoms with Crippen LogP contribution in [0.4, 0.5) is 25.8 Å². The Morgan fingerprint density at radius 2 is 1.46 bits per heavy atom. The van der Waals surface area contributed by atoms with Gasteiger partial charge in [-0.1, -0.05) is 0 Å². The number of nitrogens with zero attached hydrogens (tertiary/aromatic N) is 8. The second-order valence-electron chi connectivity index (χ2n) is 17.3. The number of piperazine rings is 1. The van der Waals surface area contributed by atoms with Gasteiger partial charge in [0.05, 0.1) is 33.4 Å². The average Bonchev–Trinajstić information content (AvgIpc) is 3.86. The van der Waals surface area contributed by atoms with Gasteiger partial charge >= 0.3 is 0 Å². The highest BCUT2D eigenvalue weighted by Crippen LogP contribution is 2.37. The highest BCUT2D eigenvalue weighted by atomic mass is 19.1. The third-order valence-corrected chi connectivity index (χ3v) is 13.4. The minimum atomic E-state index is -1.03. The molecule has 4 saturated heterocycles. The first-order chi connectivity index (χ1) is 31.5. The molecule has 65 heavy (non-hydrogen) atoms. The molecule has 1 N–H and O–H groups in total. The van der Waals surface area contributed by atoms with Crippen LogP contribution >= 0.6 is 0 Å². The van der Waals surface area contributed by atoms with Gasteiger partial charge in [0.25, 0.3) is 17.4 Å². The molecule has 5 aliphatic rings. The molecule has 0 bridgehead atoms. The lowest BCUT2D eigenvalue weighted by Crippen LogP contribution is -2.54. The molecule has 0 aliphatic carbocycles. The Balaban J connectivity index is 0.736. The number of nitriles is 1. The number of carbonyl (C=O) groups is 4. The second-order valence-corrected chi connectivity index (χ2v) is 17.3. The molecule has 0 spiro atoms. The van der Waals surface area contributed by atoms with Gasteiger partial charge in [-0.25, -0.2) is 13.8 Å². The van der Waals surface area contributed by atoms with E-state index in [9.17, 15) is 33.6 Å². The number of alkyl halides is 1. The van der Waals surface area contributed by atoms with Crippen LogP contribution in [0.3, 0.4) is 0 Å². The first-order valence-electron chi connectivity index (χ1n) is 22.0. The number of benzene rings is 4.